The van der Waals surface area contributed by atoms with E-state index in [2.05, 4.69) is 41.2 Å². The summed E-state index contributed by atoms with van der Waals surface area (Å²) in [6, 6.07) is 0. The van der Waals surface area contributed by atoms with E-state index in [4.69, 9.17) is 9.47 Å². The standard InChI is InChI=1S/C20H39N3O2S.HI/c1-4-25-18(17-8-6-7-9-17)10-13-22-19(21-3)23-16-20(26-5-2)11-14-24-15-12-20;/h17-18H,4-16H2,1-3H3,(H2,21,22,23);1H. The Morgan fingerprint density at radius 3 is 2.52 bits per heavy atom. The fourth-order valence-corrected chi connectivity index (χ4v) is 5.46. The van der Waals surface area contributed by atoms with E-state index in [1.54, 1.807) is 0 Å². The van der Waals surface area contributed by atoms with Crippen molar-refractivity contribution < 1.29 is 9.47 Å². The van der Waals surface area contributed by atoms with Gasteiger partial charge in [-0.25, -0.2) is 0 Å². The molecule has 5 nitrogen and oxygen atoms in total. The zero-order chi connectivity index (χ0) is 18.7. The summed E-state index contributed by atoms with van der Waals surface area (Å²) in [5.74, 6) is 2.80. The SMILES string of the molecule is CCOC(CCNC(=NC)NCC1(SCC)CCOCC1)C1CCCC1.I. The van der Waals surface area contributed by atoms with Gasteiger partial charge in [0, 0.05) is 44.7 Å². The molecule has 2 rings (SSSR count). The molecule has 1 heterocycles. The summed E-state index contributed by atoms with van der Waals surface area (Å²) in [6.45, 7) is 8.77. The van der Waals surface area contributed by atoms with E-state index >= 15 is 0 Å². The molecule has 7 heteroatoms. The maximum absolute atomic E-state index is 6.03. The minimum absolute atomic E-state index is 0. The van der Waals surface area contributed by atoms with Gasteiger partial charge in [0.1, 0.15) is 0 Å². The van der Waals surface area contributed by atoms with Crippen molar-refractivity contribution in [2.45, 2.75) is 69.6 Å². The first kappa shape index (κ1) is 25.3. The molecule has 1 unspecified atom stereocenters. The van der Waals surface area contributed by atoms with Crippen LogP contribution in [-0.4, -0.2) is 62.5 Å². The molecule has 1 saturated carbocycles. The summed E-state index contributed by atoms with van der Waals surface area (Å²) in [5, 5.41) is 7.06. The van der Waals surface area contributed by atoms with Crippen LogP contribution in [-0.2, 0) is 9.47 Å². The molecule has 0 aromatic rings. The Morgan fingerprint density at radius 1 is 1.22 bits per heavy atom. The van der Waals surface area contributed by atoms with Crippen LogP contribution in [0.4, 0.5) is 0 Å². The van der Waals surface area contributed by atoms with Crippen molar-refractivity contribution in [3.63, 3.8) is 0 Å². The summed E-state index contributed by atoms with van der Waals surface area (Å²) in [7, 11) is 1.86. The number of nitrogens with one attached hydrogen (secondary N) is 2. The molecule has 27 heavy (non-hydrogen) atoms. The van der Waals surface area contributed by atoms with Crippen LogP contribution in [0.3, 0.4) is 0 Å². The highest BCUT2D eigenvalue weighted by atomic mass is 127. The fraction of sp³-hybridized carbons (Fsp3) is 0.950. The molecule has 0 radical (unpaired) electrons. The highest BCUT2D eigenvalue weighted by Crippen LogP contribution is 2.34. The van der Waals surface area contributed by atoms with Crippen molar-refractivity contribution in [2.75, 3.05) is 45.7 Å². The second kappa shape index (κ2) is 14.3. The van der Waals surface area contributed by atoms with Crippen molar-refractivity contribution in [3.05, 3.63) is 0 Å². The first-order valence-corrected chi connectivity index (χ1v) is 11.5. The normalized spacial score (nSPS) is 21.5. The van der Waals surface area contributed by atoms with Gasteiger partial charge >= 0.3 is 0 Å². The van der Waals surface area contributed by atoms with Gasteiger partial charge in [0.25, 0.3) is 0 Å². The van der Waals surface area contributed by atoms with E-state index in [9.17, 15) is 0 Å². The fourth-order valence-electron chi connectivity index (χ4n) is 4.22. The average Bonchev–Trinajstić information content (AvgIpc) is 3.19. The van der Waals surface area contributed by atoms with Gasteiger partial charge in [0.2, 0.25) is 0 Å². The van der Waals surface area contributed by atoms with Crippen LogP contribution in [0, 0.1) is 5.92 Å². The summed E-state index contributed by atoms with van der Waals surface area (Å²) in [6.07, 6.45) is 9.07. The molecule has 0 aromatic heterocycles. The highest BCUT2D eigenvalue weighted by molar-refractivity contribution is 14.0. The van der Waals surface area contributed by atoms with Crippen molar-refractivity contribution in [1.82, 2.24) is 10.6 Å². The lowest BCUT2D eigenvalue weighted by Crippen LogP contribution is -2.48. The van der Waals surface area contributed by atoms with Crippen LogP contribution in [0.2, 0.25) is 0 Å². The third kappa shape index (κ3) is 8.66. The van der Waals surface area contributed by atoms with Crippen molar-refractivity contribution in [2.24, 2.45) is 10.9 Å². The smallest absolute Gasteiger partial charge is 0.191 e. The number of ether oxygens (including phenoxy) is 2. The number of aliphatic imine (C=N–C) groups is 1. The molecule has 1 aliphatic heterocycles. The van der Waals surface area contributed by atoms with Crippen molar-refractivity contribution in [3.8, 4) is 0 Å². The third-order valence-electron chi connectivity index (χ3n) is 5.68. The van der Waals surface area contributed by atoms with Gasteiger partial charge < -0.3 is 20.1 Å². The number of rotatable bonds is 10. The maximum Gasteiger partial charge on any atom is 0.191 e. The number of halogens is 1. The first-order valence-electron chi connectivity index (χ1n) is 10.5. The average molecular weight is 514 g/mol. The predicted octanol–water partition coefficient (Wildman–Crippen LogP) is 4.06. The molecule has 0 bridgehead atoms. The van der Waals surface area contributed by atoms with Gasteiger partial charge in [0.15, 0.2) is 5.96 Å². The Morgan fingerprint density at radius 2 is 1.93 bits per heavy atom. The molecule has 0 aromatic carbocycles. The molecule has 1 atom stereocenters. The van der Waals surface area contributed by atoms with E-state index in [0.29, 0.717) is 6.10 Å². The molecule has 2 aliphatic rings. The summed E-state index contributed by atoms with van der Waals surface area (Å²) in [5.41, 5.74) is 0. The van der Waals surface area contributed by atoms with Gasteiger partial charge in [-0.2, -0.15) is 11.8 Å². The number of thioether (sulfide) groups is 1. The van der Waals surface area contributed by atoms with Gasteiger partial charge in [-0.15, -0.1) is 24.0 Å². The Balaban J connectivity index is 0.00000364. The van der Waals surface area contributed by atoms with Crippen LogP contribution in [0.25, 0.3) is 0 Å². The Kier molecular flexibility index (Phi) is 13.4. The number of guanidine groups is 1. The van der Waals surface area contributed by atoms with Gasteiger partial charge in [-0.3, -0.25) is 4.99 Å². The van der Waals surface area contributed by atoms with Gasteiger partial charge in [-0.1, -0.05) is 19.8 Å². The lowest BCUT2D eigenvalue weighted by Gasteiger charge is -2.37. The molecule has 2 fully saturated rings. The van der Waals surface area contributed by atoms with Crippen LogP contribution < -0.4 is 10.6 Å². The van der Waals surface area contributed by atoms with Crippen molar-refractivity contribution in [1.29, 1.82) is 0 Å². The third-order valence-corrected chi connectivity index (χ3v) is 7.14. The number of nitrogens with zero attached hydrogens (tertiary/aromatic N) is 1. The minimum atomic E-state index is 0. The lowest BCUT2D eigenvalue weighted by atomic mass is 9.98. The second-order valence-corrected chi connectivity index (χ2v) is 9.14. The Labute approximate surface area is 187 Å². The van der Waals surface area contributed by atoms with E-state index in [1.807, 2.05) is 7.05 Å². The van der Waals surface area contributed by atoms with E-state index in [1.165, 1.54) is 25.7 Å². The van der Waals surface area contributed by atoms with Gasteiger partial charge in [-0.05, 0) is 50.7 Å². The maximum atomic E-state index is 6.03. The van der Waals surface area contributed by atoms with E-state index in [0.717, 1.165) is 69.8 Å². The molecule has 1 saturated heterocycles. The predicted molar refractivity (Wildman–Crippen MR) is 128 cm³/mol. The molecule has 2 N–H and O–H groups in total. The topological polar surface area (TPSA) is 54.9 Å². The monoisotopic (exact) mass is 513 g/mol. The Bertz CT molecular complexity index is 409. The molecule has 160 valence electrons. The zero-order valence-corrected chi connectivity index (χ0v) is 20.6. The van der Waals surface area contributed by atoms with E-state index < -0.39 is 0 Å². The molecule has 0 amide bonds. The van der Waals surface area contributed by atoms with Crippen LogP contribution in [0.1, 0.15) is 58.8 Å². The Hall–Kier alpha value is 0.270. The summed E-state index contributed by atoms with van der Waals surface area (Å²) >= 11 is 2.06. The van der Waals surface area contributed by atoms with Crippen LogP contribution in [0.5, 0.6) is 0 Å². The second-order valence-electron chi connectivity index (χ2n) is 7.41. The number of hydrogen-bond donors (Lipinski definition) is 2. The summed E-state index contributed by atoms with van der Waals surface area (Å²) in [4.78, 5) is 4.42. The van der Waals surface area contributed by atoms with Gasteiger partial charge in [0.05, 0.1) is 6.10 Å². The van der Waals surface area contributed by atoms with Crippen molar-refractivity contribution >= 4 is 41.7 Å². The summed E-state index contributed by atoms with van der Waals surface area (Å²) < 4.78 is 11.9. The largest absolute Gasteiger partial charge is 0.381 e. The number of hydrogen-bond acceptors (Lipinski definition) is 4. The zero-order valence-electron chi connectivity index (χ0n) is 17.4. The van der Waals surface area contributed by atoms with Crippen LogP contribution in [0.15, 0.2) is 4.99 Å². The molecule has 1 aliphatic carbocycles. The molecule has 0 spiro atoms. The molecular formula is C20H40IN3O2S. The lowest BCUT2D eigenvalue weighted by molar-refractivity contribution is 0.0169. The quantitative estimate of drug-likeness (QED) is 0.262. The molecular weight excluding hydrogens is 473 g/mol. The van der Waals surface area contributed by atoms with E-state index in [-0.39, 0.29) is 28.7 Å². The first-order chi connectivity index (χ1) is 12.7. The minimum Gasteiger partial charge on any atom is -0.381 e. The van der Waals surface area contributed by atoms with Crippen LogP contribution >= 0.6 is 35.7 Å². The highest BCUT2D eigenvalue weighted by Gasteiger charge is 2.32.